The summed E-state index contributed by atoms with van der Waals surface area (Å²) in [5, 5.41) is 3.77. The molecule has 0 aliphatic carbocycles. The highest BCUT2D eigenvalue weighted by Crippen LogP contribution is 2.31. The molecular formula is C23H17FN2OS. The molecule has 0 radical (unpaired) electrons. The Morgan fingerprint density at radius 1 is 1.04 bits per heavy atom. The molecule has 3 nitrogen and oxygen atoms in total. The smallest absolute Gasteiger partial charge is 0.248 e. The van der Waals surface area contributed by atoms with Crippen LogP contribution in [0.2, 0.25) is 0 Å². The quantitative estimate of drug-likeness (QED) is 0.432. The van der Waals surface area contributed by atoms with Crippen molar-refractivity contribution in [1.29, 1.82) is 0 Å². The summed E-state index contributed by atoms with van der Waals surface area (Å²) in [4.78, 5) is 16.8. The molecule has 0 saturated heterocycles. The molecule has 4 rings (SSSR count). The van der Waals surface area contributed by atoms with E-state index in [4.69, 9.17) is 0 Å². The van der Waals surface area contributed by atoms with Crippen LogP contribution in [0.3, 0.4) is 0 Å². The minimum absolute atomic E-state index is 0.243. The number of nitrogens with zero attached hydrogens (tertiary/aromatic N) is 1. The molecule has 1 N–H and O–H groups in total. The van der Waals surface area contributed by atoms with Crippen LogP contribution in [0, 0.1) is 12.7 Å². The Hall–Kier alpha value is -3.31. The van der Waals surface area contributed by atoms with E-state index in [1.807, 2.05) is 30.3 Å². The van der Waals surface area contributed by atoms with E-state index in [9.17, 15) is 9.18 Å². The molecular weight excluding hydrogens is 371 g/mol. The third-order valence-electron chi connectivity index (χ3n) is 4.24. The number of nitrogens with one attached hydrogen (secondary N) is 1. The van der Waals surface area contributed by atoms with Crippen LogP contribution >= 0.6 is 11.3 Å². The molecule has 1 aromatic heterocycles. The Balaban J connectivity index is 1.45. The lowest BCUT2D eigenvalue weighted by molar-refractivity contribution is -0.111. The van der Waals surface area contributed by atoms with Crippen LogP contribution in [0.4, 0.5) is 10.1 Å². The summed E-state index contributed by atoms with van der Waals surface area (Å²) in [6, 6.07) is 19.8. The number of halogens is 1. The number of hydrogen-bond acceptors (Lipinski definition) is 3. The van der Waals surface area contributed by atoms with Crippen molar-refractivity contribution in [3.05, 3.63) is 89.8 Å². The van der Waals surface area contributed by atoms with Crippen LogP contribution in [0.25, 0.3) is 26.9 Å². The molecule has 0 aliphatic rings. The maximum Gasteiger partial charge on any atom is 0.248 e. The van der Waals surface area contributed by atoms with Gasteiger partial charge in [-0.25, -0.2) is 9.37 Å². The predicted molar refractivity (Wildman–Crippen MR) is 114 cm³/mol. The minimum Gasteiger partial charge on any atom is -0.323 e. The summed E-state index contributed by atoms with van der Waals surface area (Å²) in [5.41, 5.74) is 4.69. The maximum atomic E-state index is 12.9. The van der Waals surface area contributed by atoms with Gasteiger partial charge in [-0.1, -0.05) is 18.2 Å². The number of fused-ring (bicyclic) bond motifs is 1. The molecule has 0 atom stereocenters. The third-order valence-corrected chi connectivity index (χ3v) is 5.31. The number of carbonyl (C=O) groups excluding carboxylic acids is 1. The van der Waals surface area contributed by atoms with Crippen molar-refractivity contribution < 1.29 is 9.18 Å². The van der Waals surface area contributed by atoms with Gasteiger partial charge in [0.05, 0.1) is 10.2 Å². The Morgan fingerprint density at radius 2 is 1.79 bits per heavy atom. The minimum atomic E-state index is -0.301. The van der Waals surface area contributed by atoms with Gasteiger partial charge in [-0.15, -0.1) is 11.3 Å². The van der Waals surface area contributed by atoms with E-state index in [1.54, 1.807) is 29.5 Å². The zero-order valence-corrected chi connectivity index (χ0v) is 16.0. The average molecular weight is 388 g/mol. The van der Waals surface area contributed by atoms with Gasteiger partial charge in [0.2, 0.25) is 5.91 Å². The molecule has 5 heteroatoms. The normalized spacial score (nSPS) is 11.2. The van der Waals surface area contributed by atoms with Crippen LogP contribution in [0.15, 0.2) is 72.8 Å². The highest BCUT2D eigenvalue weighted by molar-refractivity contribution is 7.21. The Morgan fingerprint density at radius 3 is 2.54 bits per heavy atom. The summed E-state index contributed by atoms with van der Waals surface area (Å²) >= 11 is 1.65. The van der Waals surface area contributed by atoms with Gasteiger partial charge in [-0.2, -0.15) is 0 Å². The van der Waals surface area contributed by atoms with E-state index < -0.39 is 0 Å². The highest BCUT2D eigenvalue weighted by Gasteiger charge is 2.07. The van der Waals surface area contributed by atoms with E-state index in [0.717, 1.165) is 21.7 Å². The number of aryl methyl sites for hydroxylation is 1. The monoisotopic (exact) mass is 388 g/mol. The van der Waals surface area contributed by atoms with Crippen LogP contribution in [-0.2, 0) is 4.79 Å². The highest BCUT2D eigenvalue weighted by atomic mass is 32.1. The number of benzene rings is 3. The average Bonchev–Trinajstić information content (AvgIpc) is 3.11. The molecule has 0 spiro atoms. The standard InChI is InChI=1S/C23H17FN2OS/c1-15-2-12-20-21(14-15)28-23(26-20)17-6-10-19(11-7-17)25-22(27)13-5-16-3-8-18(24)9-4-16/h2-14H,1H3,(H,25,27)/b13-5+. The van der Waals surface area contributed by atoms with Crippen molar-refractivity contribution in [2.75, 3.05) is 5.32 Å². The molecule has 0 saturated carbocycles. The summed E-state index contributed by atoms with van der Waals surface area (Å²) in [5.74, 6) is -0.544. The molecule has 138 valence electrons. The number of hydrogen-bond donors (Lipinski definition) is 1. The van der Waals surface area contributed by atoms with Gasteiger partial charge < -0.3 is 5.32 Å². The fourth-order valence-corrected chi connectivity index (χ4v) is 3.85. The fourth-order valence-electron chi connectivity index (χ4n) is 2.78. The van der Waals surface area contributed by atoms with Gasteiger partial charge in [-0.05, 0) is 72.7 Å². The van der Waals surface area contributed by atoms with E-state index in [2.05, 4.69) is 29.4 Å². The SMILES string of the molecule is Cc1ccc2nc(-c3ccc(NC(=O)/C=C/c4ccc(F)cc4)cc3)sc2c1. The number of aromatic nitrogens is 1. The summed E-state index contributed by atoms with van der Waals surface area (Å²) < 4.78 is 14.1. The van der Waals surface area contributed by atoms with Crippen molar-refractivity contribution >= 4 is 39.2 Å². The van der Waals surface area contributed by atoms with Crippen molar-refractivity contribution in [3.8, 4) is 10.6 Å². The van der Waals surface area contributed by atoms with Crippen molar-refractivity contribution in [2.45, 2.75) is 6.92 Å². The van der Waals surface area contributed by atoms with Gasteiger partial charge in [0.1, 0.15) is 10.8 Å². The zero-order valence-electron chi connectivity index (χ0n) is 15.1. The second-order valence-corrected chi connectivity index (χ2v) is 7.47. The first-order valence-electron chi connectivity index (χ1n) is 8.79. The Labute approximate surface area is 166 Å². The molecule has 0 bridgehead atoms. The molecule has 0 aliphatic heterocycles. The number of thiazole rings is 1. The van der Waals surface area contributed by atoms with Crippen molar-refractivity contribution in [1.82, 2.24) is 4.98 Å². The lowest BCUT2D eigenvalue weighted by atomic mass is 10.2. The first kappa shape index (κ1) is 18.1. The Bertz CT molecular complexity index is 1160. The van der Waals surface area contributed by atoms with Gasteiger partial charge in [0, 0.05) is 17.3 Å². The van der Waals surface area contributed by atoms with Crippen molar-refractivity contribution in [2.24, 2.45) is 0 Å². The van der Waals surface area contributed by atoms with Gasteiger partial charge >= 0.3 is 0 Å². The second-order valence-electron chi connectivity index (χ2n) is 6.44. The largest absolute Gasteiger partial charge is 0.323 e. The molecule has 4 aromatic rings. The molecule has 0 fully saturated rings. The van der Waals surface area contributed by atoms with E-state index in [0.29, 0.717) is 5.69 Å². The Kier molecular flexibility index (Phi) is 5.00. The van der Waals surface area contributed by atoms with Crippen LogP contribution in [0.1, 0.15) is 11.1 Å². The molecule has 1 amide bonds. The fraction of sp³-hybridized carbons (Fsp3) is 0.0435. The molecule has 3 aromatic carbocycles. The number of carbonyl (C=O) groups is 1. The first-order valence-corrected chi connectivity index (χ1v) is 9.61. The van der Waals surface area contributed by atoms with Crippen LogP contribution in [-0.4, -0.2) is 10.9 Å². The lowest BCUT2D eigenvalue weighted by Crippen LogP contribution is -2.07. The second kappa shape index (κ2) is 7.74. The topological polar surface area (TPSA) is 42.0 Å². The summed E-state index contributed by atoms with van der Waals surface area (Å²) in [6.07, 6.45) is 3.07. The van der Waals surface area contributed by atoms with E-state index in [-0.39, 0.29) is 11.7 Å². The number of amides is 1. The molecule has 28 heavy (non-hydrogen) atoms. The van der Waals surface area contributed by atoms with Crippen LogP contribution in [0.5, 0.6) is 0 Å². The predicted octanol–water partition coefficient (Wildman–Crippen LogP) is 6.06. The third kappa shape index (κ3) is 4.15. The number of anilines is 1. The van der Waals surface area contributed by atoms with E-state index >= 15 is 0 Å². The van der Waals surface area contributed by atoms with Gasteiger partial charge in [0.25, 0.3) is 0 Å². The maximum absolute atomic E-state index is 12.9. The van der Waals surface area contributed by atoms with Gasteiger partial charge in [-0.3, -0.25) is 4.79 Å². The molecule has 1 heterocycles. The van der Waals surface area contributed by atoms with Crippen molar-refractivity contribution in [3.63, 3.8) is 0 Å². The van der Waals surface area contributed by atoms with Crippen LogP contribution < -0.4 is 5.32 Å². The summed E-state index contributed by atoms with van der Waals surface area (Å²) in [7, 11) is 0. The van der Waals surface area contributed by atoms with E-state index in [1.165, 1.54) is 28.5 Å². The summed E-state index contributed by atoms with van der Waals surface area (Å²) in [6.45, 7) is 2.07. The molecule has 0 unspecified atom stereocenters. The first-order chi connectivity index (χ1) is 13.6. The van der Waals surface area contributed by atoms with Gasteiger partial charge in [0.15, 0.2) is 0 Å². The lowest BCUT2D eigenvalue weighted by Gasteiger charge is -2.03. The number of rotatable bonds is 4. The zero-order chi connectivity index (χ0) is 19.5.